The number of halogens is 3. The first-order chi connectivity index (χ1) is 46.2. The number of ether oxygens (including phenoxy) is 7. The molecule has 0 bridgehead atoms. The van der Waals surface area contributed by atoms with E-state index in [-0.39, 0.29) is 35.7 Å². The predicted octanol–water partition coefficient (Wildman–Crippen LogP) is 15.9. The molecule has 0 radical (unpaired) electrons. The molecular weight excluding hydrogens is 1270 g/mol. The van der Waals surface area contributed by atoms with E-state index in [1.807, 2.05) is 122 Å². The zero-order chi connectivity index (χ0) is 67.9. The van der Waals surface area contributed by atoms with Crippen molar-refractivity contribution in [3.05, 3.63) is 232 Å². The van der Waals surface area contributed by atoms with E-state index in [4.69, 9.17) is 70.8 Å². The molecule has 1 unspecified atom stereocenters. The first-order valence-corrected chi connectivity index (χ1v) is 35.4. The Morgan fingerprint density at radius 2 is 1.32 bits per heavy atom. The van der Waals surface area contributed by atoms with Crippen LogP contribution < -0.4 is 32.8 Å². The SMILES string of the molecule is COc1ccc(C(OC[C@@H](CN2CCN(C)CC2)Oc2ccc(-c3c(-c4ccc(F)cc4)c(Cl)n4ccnc(OC(Cc5cc(O[Si](C)(C)C(C)(C)C)ccc5OCc5ccnc(-c6ccccc6OC)n5)C(=O)O)c34)c(C)c2Cl)(c2ccccc2)c2ccc(OC)cc2)cc1. The van der Waals surface area contributed by atoms with Crippen molar-refractivity contribution >= 4 is 43.0 Å². The number of fused-ring (bicyclic) bond motifs is 1. The second kappa shape index (κ2) is 29.5. The molecule has 1 saturated heterocycles. The lowest BCUT2D eigenvalue weighted by Gasteiger charge is -2.39. The van der Waals surface area contributed by atoms with E-state index in [1.54, 1.807) is 62.4 Å². The highest BCUT2D eigenvalue weighted by Crippen LogP contribution is 2.49. The Hall–Kier alpha value is -9.01. The fourth-order valence-electron chi connectivity index (χ4n) is 11.8. The fourth-order valence-corrected chi connectivity index (χ4v) is 13.3. The molecule has 498 valence electrons. The van der Waals surface area contributed by atoms with Gasteiger partial charge in [0.2, 0.25) is 20.3 Å². The minimum atomic E-state index is -2.41. The summed E-state index contributed by atoms with van der Waals surface area (Å²) in [6, 6.07) is 50.3. The minimum Gasteiger partial charge on any atom is -0.543 e. The van der Waals surface area contributed by atoms with Gasteiger partial charge in [0, 0.05) is 74.4 Å². The van der Waals surface area contributed by atoms with Crippen LogP contribution in [0.3, 0.4) is 0 Å². The van der Waals surface area contributed by atoms with Gasteiger partial charge in [-0.25, -0.2) is 24.1 Å². The quantitative estimate of drug-likeness (QED) is 0.0402. The van der Waals surface area contributed by atoms with E-state index in [0.717, 1.165) is 42.9 Å². The summed E-state index contributed by atoms with van der Waals surface area (Å²) < 4.78 is 68.2. The van der Waals surface area contributed by atoms with Gasteiger partial charge in [-0.3, -0.25) is 4.90 Å². The Morgan fingerprint density at radius 3 is 1.97 bits per heavy atom. The van der Waals surface area contributed by atoms with Crippen LogP contribution in [-0.4, -0.2) is 128 Å². The van der Waals surface area contributed by atoms with E-state index in [1.165, 1.54) is 18.3 Å². The summed E-state index contributed by atoms with van der Waals surface area (Å²) in [6.07, 6.45) is 2.47. The van der Waals surface area contributed by atoms with Crippen molar-refractivity contribution in [1.29, 1.82) is 0 Å². The Bertz CT molecular complexity index is 4290. The molecule has 0 saturated carbocycles. The number of aromatic nitrogens is 4. The lowest BCUT2D eigenvalue weighted by atomic mass is 9.80. The molecule has 3 aromatic heterocycles. The molecule has 96 heavy (non-hydrogen) atoms. The van der Waals surface area contributed by atoms with Crippen molar-refractivity contribution in [3.8, 4) is 74.0 Å². The van der Waals surface area contributed by atoms with Gasteiger partial charge in [-0.2, -0.15) is 0 Å². The molecule has 0 aliphatic carbocycles. The number of aliphatic carboxylic acids is 1. The summed E-state index contributed by atoms with van der Waals surface area (Å²) in [5, 5.41) is 11.7. The van der Waals surface area contributed by atoms with Gasteiger partial charge < -0.3 is 52.0 Å². The number of para-hydroxylation sites is 1. The molecule has 16 nitrogen and oxygen atoms in total. The van der Waals surface area contributed by atoms with E-state index in [0.29, 0.717) is 102 Å². The maximum atomic E-state index is 14.9. The second-order valence-corrected chi connectivity index (χ2v) is 30.8. The Morgan fingerprint density at radius 1 is 0.688 bits per heavy atom. The molecule has 1 aliphatic heterocycles. The highest BCUT2D eigenvalue weighted by molar-refractivity contribution is 6.74. The lowest BCUT2D eigenvalue weighted by molar-refractivity contribution is -0.145. The predicted molar refractivity (Wildman–Crippen MR) is 376 cm³/mol. The highest BCUT2D eigenvalue weighted by Gasteiger charge is 2.41. The molecule has 1 N–H and O–H groups in total. The van der Waals surface area contributed by atoms with Crippen molar-refractivity contribution < 1.29 is 51.9 Å². The number of benzene rings is 7. The smallest absolute Gasteiger partial charge is 0.345 e. The zero-order valence-corrected chi connectivity index (χ0v) is 58.1. The summed E-state index contributed by atoms with van der Waals surface area (Å²) in [4.78, 5) is 32.6. The fraction of sp³-hybridized carbons (Fsp3) is 0.289. The second-order valence-electron chi connectivity index (χ2n) is 25.3. The number of carboxylic acid groups (broad SMARTS) is 1. The number of methoxy groups -OCH3 is 3. The number of hydrogen-bond acceptors (Lipinski definition) is 14. The van der Waals surface area contributed by atoms with Crippen molar-refractivity contribution in [1.82, 2.24) is 29.2 Å². The molecule has 0 amide bonds. The number of piperazine rings is 1. The molecule has 10 aromatic rings. The third-order valence-electron chi connectivity index (χ3n) is 18.1. The Kier molecular flexibility index (Phi) is 21.0. The average molecular weight is 1350 g/mol. The number of likely N-dealkylation sites (N-methyl/N-ethyl adjacent to an activating group) is 1. The minimum absolute atomic E-state index is 0.0122. The van der Waals surface area contributed by atoms with Crippen LogP contribution in [-0.2, 0) is 28.2 Å². The van der Waals surface area contributed by atoms with Gasteiger partial charge in [0.1, 0.15) is 69.3 Å². The van der Waals surface area contributed by atoms with E-state index in [9.17, 15) is 14.3 Å². The average Bonchev–Trinajstić information content (AvgIpc) is 1.49. The summed E-state index contributed by atoms with van der Waals surface area (Å²) in [5.41, 5.74) is 6.35. The van der Waals surface area contributed by atoms with Crippen LogP contribution in [0.5, 0.6) is 40.4 Å². The molecule has 4 heterocycles. The van der Waals surface area contributed by atoms with Crippen molar-refractivity contribution in [2.75, 3.05) is 67.7 Å². The molecule has 1 aliphatic rings. The van der Waals surface area contributed by atoms with Crippen molar-refractivity contribution in [2.24, 2.45) is 0 Å². The van der Waals surface area contributed by atoms with E-state index >= 15 is 0 Å². The molecule has 2 atom stereocenters. The largest absolute Gasteiger partial charge is 0.543 e. The number of rotatable bonds is 26. The number of carboxylic acids is 1. The van der Waals surface area contributed by atoms with Gasteiger partial charge in [0.15, 0.2) is 5.82 Å². The van der Waals surface area contributed by atoms with Crippen LogP contribution in [0.25, 0.3) is 39.2 Å². The van der Waals surface area contributed by atoms with Crippen LogP contribution >= 0.6 is 23.2 Å². The summed E-state index contributed by atoms with van der Waals surface area (Å²) >= 11 is 15.2. The highest BCUT2D eigenvalue weighted by atomic mass is 35.5. The van der Waals surface area contributed by atoms with Gasteiger partial charge in [-0.1, -0.05) is 129 Å². The van der Waals surface area contributed by atoms with Crippen LogP contribution in [0, 0.1) is 12.7 Å². The van der Waals surface area contributed by atoms with Crippen LogP contribution in [0.2, 0.25) is 28.3 Å². The molecule has 1 fully saturated rings. The van der Waals surface area contributed by atoms with Gasteiger partial charge in [-0.15, -0.1) is 0 Å². The monoisotopic (exact) mass is 1350 g/mol. The third kappa shape index (κ3) is 14.8. The number of carbonyl (C=O) groups is 1. The molecule has 20 heteroatoms. The lowest BCUT2D eigenvalue weighted by Crippen LogP contribution is -2.49. The van der Waals surface area contributed by atoms with E-state index < -0.39 is 37.9 Å². The molecule has 11 rings (SSSR count). The molecule has 0 spiro atoms. The number of nitrogens with zero attached hydrogens (tertiary/aromatic N) is 6. The van der Waals surface area contributed by atoms with Crippen LogP contribution in [0.15, 0.2) is 182 Å². The van der Waals surface area contributed by atoms with Crippen molar-refractivity contribution in [3.63, 3.8) is 0 Å². The van der Waals surface area contributed by atoms with E-state index in [2.05, 4.69) is 67.8 Å². The molecule has 7 aromatic carbocycles. The first kappa shape index (κ1) is 68.4. The first-order valence-electron chi connectivity index (χ1n) is 31.8. The Labute approximate surface area is 571 Å². The Balaban J connectivity index is 0.973. The zero-order valence-electron chi connectivity index (χ0n) is 55.6. The summed E-state index contributed by atoms with van der Waals surface area (Å²) in [6.45, 7) is 16.6. The van der Waals surface area contributed by atoms with Gasteiger partial charge in [0.25, 0.3) is 0 Å². The van der Waals surface area contributed by atoms with Gasteiger partial charge in [0.05, 0.1) is 44.2 Å². The van der Waals surface area contributed by atoms with Crippen molar-refractivity contribution in [2.45, 2.75) is 76.7 Å². The van der Waals surface area contributed by atoms with Crippen LogP contribution in [0.4, 0.5) is 4.39 Å². The maximum Gasteiger partial charge on any atom is 0.345 e. The van der Waals surface area contributed by atoms with Gasteiger partial charge in [-0.05, 0) is 144 Å². The van der Waals surface area contributed by atoms with Gasteiger partial charge >= 0.3 is 5.97 Å². The summed E-state index contributed by atoms with van der Waals surface area (Å²) in [7, 11) is 4.59. The standard InChI is InChI=1S/C76H79Cl2FN6O10Si/c1-49-61(33-35-65(69(49)77)93-60(46-84-42-40-83(5)41-43-84)48-92-76(52-16-12-11-13-17-52,53-22-28-57(88-6)29-23-53)54-24-30-58(89-7)31-25-54)68-67(50-20-26-55(79)27-21-50)71(78)85-39-38-81-73(70(68)85)94-66(74(86)87)45-51-44-59(95-96(9,10)75(2,3)4)32-34-63(51)91-47-56-36-37-80-72(82-56)62-18-14-15-19-64(62)90-8/h11-39,44,60,66H,40-43,45-48H2,1-10H3,(H,86,87)/t60-,66?/m1/s1. The van der Waals surface area contributed by atoms with Crippen LogP contribution in [0.1, 0.15) is 54.3 Å². The number of hydrogen-bond donors (Lipinski definition) is 1. The maximum absolute atomic E-state index is 14.9. The molecular formula is C76H79Cl2FN6O10Si. The third-order valence-corrected chi connectivity index (χ3v) is 23.3. The topological polar surface area (TPSA) is 161 Å². The summed E-state index contributed by atoms with van der Waals surface area (Å²) in [5.74, 6) is 2.03. The normalized spacial score (nSPS) is 13.8.